The molecule has 2 atom stereocenters. The highest BCUT2D eigenvalue weighted by molar-refractivity contribution is 5.98. The molecule has 5 nitrogen and oxygen atoms in total. The van der Waals surface area contributed by atoms with Gasteiger partial charge in [-0.3, -0.25) is 4.79 Å². The molecule has 1 amide bonds. The minimum atomic E-state index is -0.00417. The first-order chi connectivity index (χ1) is 10.3. The van der Waals surface area contributed by atoms with Crippen LogP contribution in [0.5, 0.6) is 0 Å². The highest BCUT2D eigenvalue weighted by Gasteiger charge is 2.32. The maximum atomic E-state index is 12.5. The Morgan fingerprint density at radius 3 is 3.19 bits per heavy atom. The van der Waals surface area contributed by atoms with Crippen LogP contribution in [0.3, 0.4) is 0 Å². The first kappa shape index (κ1) is 14.3. The van der Waals surface area contributed by atoms with Gasteiger partial charge in [-0.05, 0) is 51.3 Å². The van der Waals surface area contributed by atoms with Crippen LogP contribution in [0.1, 0.15) is 43.0 Å². The van der Waals surface area contributed by atoms with E-state index in [9.17, 15) is 4.79 Å². The predicted octanol–water partition coefficient (Wildman–Crippen LogP) is 1.87. The molecule has 0 radical (unpaired) electrons. The number of nitrogens with one attached hydrogen (secondary N) is 2. The van der Waals surface area contributed by atoms with Gasteiger partial charge in [0.25, 0.3) is 5.91 Å². The maximum absolute atomic E-state index is 12.5. The summed E-state index contributed by atoms with van der Waals surface area (Å²) >= 11 is 0. The Morgan fingerprint density at radius 2 is 2.33 bits per heavy atom. The molecule has 3 rings (SSSR count). The number of hydrogen-bond donors (Lipinski definition) is 2. The van der Waals surface area contributed by atoms with Crippen LogP contribution in [0.25, 0.3) is 0 Å². The molecule has 1 aromatic rings. The summed E-state index contributed by atoms with van der Waals surface area (Å²) in [7, 11) is 0. The van der Waals surface area contributed by atoms with Gasteiger partial charge in [0.2, 0.25) is 0 Å². The van der Waals surface area contributed by atoms with Crippen LogP contribution in [0.2, 0.25) is 0 Å². The molecular formula is C16H24N4O. The van der Waals surface area contributed by atoms with Gasteiger partial charge in [0.05, 0.1) is 5.56 Å². The monoisotopic (exact) mass is 288 g/mol. The summed E-state index contributed by atoms with van der Waals surface area (Å²) in [6.07, 6.45) is 6.44. The van der Waals surface area contributed by atoms with Crippen LogP contribution < -0.4 is 10.6 Å². The smallest absolute Gasteiger partial charge is 0.255 e. The molecule has 0 aliphatic carbocycles. The molecule has 2 saturated heterocycles. The van der Waals surface area contributed by atoms with Crippen molar-refractivity contribution in [2.45, 2.75) is 44.7 Å². The summed E-state index contributed by atoms with van der Waals surface area (Å²) in [4.78, 5) is 19.3. The lowest BCUT2D eigenvalue weighted by molar-refractivity contribution is 0.0896. The third-order valence-corrected chi connectivity index (χ3v) is 4.55. The number of carbonyl (C=O) groups is 1. The van der Waals surface area contributed by atoms with Crippen LogP contribution >= 0.6 is 0 Å². The van der Waals surface area contributed by atoms with E-state index in [1.807, 2.05) is 19.1 Å². The van der Waals surface area contributed by atoms with Crippen molar-refractivity contribution in [2.24, 2.45) is 0 Å². The lowest BCUT2D eigenvalue weighted by atomic mass is 9.97. The second-order valence-electron chi connectivity index (χ2n) is 5.96. The second-order valence-corrected chi connectivity index (χ2v) is 5.96. The molecule has 3 heterocycles. The average molecular weight is 288 g/mol. The zero-order valence-electron chi connectivity index (χ0n) is 12.6. The van der Waals surface area contributed by atoms with E-state index < -0.39 is 0 Å². The fourth-order valence-electron chi connectivity index (χ4n) is 3.52. The van der Waals surface area contributed by atoms with E-state index in [0.29, 0.717) is 23.5 Å². The van der Waals surface area contributed by atoms with Gasteiger partial charge in [-0.2, -0.15) is 0 Å². The number of aromatic nitrogens is 1. The molecule has 2 unspecified atom stereocenters. The van der Waals surface area contributed by atoms with Gasteiger partial charge in [0, 0.05) is 31.4 Å². The molecule has 2 fully saturated rings. The summed E-state index contributed by atoms with van der Waals surface area (Å²) in [5, 5.41) is 6.35. The molecule has 0 spiro atoms. The van der Waals surface area contributed by atoms with Crippen LogP contribution in [0, 0.1) is 0 Å². The number of carbonyl (C=O) groups excluding carboxylic acids is 1. The van der Waals surface area contributed by atoms with Crippen LogP contribution in [-0.2, 0) is 0 Å². The van der Waals surface area contributed by atoms with Crippen LogP contribution in [0.15, 0.2) is 18.3 Å². The average Bonchev–Trinajstić information content (AvgIpc) is 2.95. The second kappa shape index (κ2) is 6.43. The van der Waals surface area contributed by atoms with E-state index in [1.165, 1.54) is 19.4 Å². The van der Waals surface area contributed by atoms with Gasteiger partial charge < -0.3 is 15.5 Å². The van der Waals surface area contributed by atoms with Crippen molar-refractivity contribution in [3.63, 3.8) is 0 Å². The van der Waals surface area contributed by atoms with E-state index >= 15 is 0 Å². The molecular weight excluding hydrogens is 264 g/mol. The predicted molar refractivity (Wildman–Crippen MR) is 83.5 cm³/mol. The molecule has 0 aromatic carbocycles. The lowest BCUT2D eigenvalue weighted by Gasteiger charge is -2.35. The first-order valence-corrected chi connectivity index (χ1v) is 8.01. The zero-order chi connectivity index (χ0) is 14.7. The number of hydrogen-bond acceptors (Lipinski definition) is 4. The number of rotatable bonds is 4. The van der Waals surface area contributed by atoms with Crippen molar-refractivity contribution in [3.8, 4) is 0 Å². The van der Waals surface area contributed by atoms with Crippen LogP contribution in [-0.4, -0.2) is 47.5 Å². The molecule has 2 aliphatic heterocycles. The number of pyridine rings is 1. The van der Waals surface area contributed by atoms with Crippen molar-refractivity contribution in [2.75, 3.05) is 25.0 Å². The Balaban J connectivity index is 1.63. The standard InChI is InChI=1S/C16H24N4O/c1-2-17-15-14(6-3-8-18-15)16(21)19-12-7-10-20-9-4-5-13(20)11-12/h3,6,8,12-13H,2,4-5,7,9-11H2,1H3,(H,17,18)(H,19,21). The molecule has 2 N–H and O–H groups in total. The van der Waals surface area contributed by atoms with E-state index in [4.69, 9.17) is 0 Å². The Bertz CT molecular complexity index is 505. The largest absolute Gasteiger partial charge is 0.370 e. The van der Waals surface area contributed by atoms with Crippen molar-refractivity contribution in [1.82, 2.24) is 15.2 Å². The van der Waals surface area contributed by atoms with Crippen molar-refractivity contribution < 1.29 is 4.79 Å². The number of anilines is 1. The third kappa shape index (κ3) is 3.18. The quantitative estimate of drug-likeness (QED) is 0.888. The van der Waals surface area contributed by atoms with Crippen molar-refractivity contribution >= 4 is 11.7 Å². The van der Waals surface area contributed by atoms with E-state index in [-0.39, 0.29) is 5.91 Å². The molecule has 0 bridgehead atoms. The van der Waals surface area contributed by atoms with E-state index in [1.54, 1.807) is 6.20 Å². The van der Waals surface area contributed by atoms with E-state index in [0.717, 1.165) is 25.9 Å². The van der Waals surface area contributed by atoms with Crippen LogP contribution in [0.4, 0.5) is 5.82 Å². The number of piperidine rings is 1. The molecule has 2 aliphatic rings. The summed E-state index contributed by atoms with van der Waals surface area (Å²) in [6.45, 7) is 5.12. The number of fused-ring (bicyclic) bond motifs is 1. The fourth-order valence-corrected chi connectivity index (χ4v) is 3.52. The summed E-state index contributed by atoms with van der Waals surface area (Å²) in [5.74, 6) is 0.672. The molecule has 1 aromatic heterocycles. The summed E-state index contributed by atoms with van der Waals surface area (Å²) in [5.41, 5.74) is 0.646. The van der Waals surface area contributed by atoms with Gasteiger partial charge in [0.1, 0.15) is 5.82 Å². The van der Waals surface area contributed by atoms with Gasteiger partial charge >= 0.3 is 0 Å². The van der Waals surface area contributed by atoms with Gasteiger partial charge in [-0.25, -0.2) is 4.98 Å². The molecule has 114 valence electrons. The van der Waals surface area contributed by atoms with E-state index in [2.05, 4.69) is 20.5 Å². The fraction of sp³-hybridized carbons (Fsp3) is 0.625. The summed E-state index contributed by atoms with van der Waals surface area (Å²) in [6, 6.07) is 4.62. The molecule has 5 heteroatoms. The minimum absolute atomic E-state index is 0.00417. The topological polar surface area (TPSA) is 57.3 Å². The number of amides is 1. The Labute approximate surface area is 126 Å². The SMILES string of the molecule is CCNc1ncccc1C(=O)NC1CCN2CCCC2C1. The number of nitrogens with zero attached hydrogens (tertiary/aromatic N) is 2. The Kier molecular flexibility index (Phi) is 4.39. The normalized spacial score (nSPS) is 25.4. The maximum Gasteiger partial charge on any atom is 0.255 e. The minimum Gasteiger partial charge on any atom is -0.370 e. The van der Waals surface area contributed by atoms with Crippen molar-refractivity contribution in [3.05, 3.63) is 23.9 Å². The Hall–Kier alpha value is -1.62. The van der Waals surface area contributed by atoms with Gasteiger partial charge in [-0.1, -0.05) is 0 Å². The summed E-state index contributed by atoms with van der Waals surface area (Å²) < 4.78 is 0. The molecule has 21 heavy (non-hydrogen) atoms. The van der Waals surface area contributed by atoms with Crippen molar-refractivity contribution in [1.29, 1.82) is 0 Å². The molecule has 0 saturated carbocycles. The van der Waals surface area contributed by atoms with Gasteiger partial charge in [0.15, 0.2) is 0 Å². The Morgan fingerprint density at radius 1 is 1.43 bits per heavy atom. The van der Waals surface area contributed by atoms with Gasteiger partial charge in [-0.15, -0.1) is 0 Å². The lowest BCUT2D eigenvalue weighted by Crippen LogP contribution is -2.47. The highest BCUT2D eigenvalue weighted by Crippen LogP contribution is 2.27. The first-order valence-electron chi connectivity index (χ1n) is 8.01. The zero-order valence-corrected chi connectivity index (χ0v) is 12.6. The third-order valence-electron chi connectivity index (χ3n) is 4.55. The highest BCUT2D eigenvalue weighted by atomic mass is 16.1.